The van der Waals surface area contributed by atoms with Crippen molar-refractivity contribution in [2.75, 3.05) is 0 Å². The van der Waals surface area contributed by atoms with Gasteiger partial charge in [-0.05, 0) is 37.1 Å². The van der Waals surface area contributed by atoms with Gasteiger partial charge in [-0.3, -0.25) is 4.79 Å². The highest BCUT2D eigenvalue weighted by Crippen LogP contribution is 2.42. The maximum absolute atomic E-state index is 12.5. The first kappa shape index (κ1) is 16.8. The number of benzene rings is 1. The van der Waals surface area contributed by atoms with E-state index in [0.29, 0.717) is 11.1 Å². The second-order valence-corrected chi connectivity index (χ2v) is 4.70. The number of aryl methyl sites for hydroxylation is 2. The molecule has 0 bridgehead atoms. The van der Waals surface area contributed by atoms with Crippen LogP contribution in [0.2, 0.25) is 5.02 Å². The van der Waals surface area contributed by atoms with Gasteiger partial charge in [-0.15, -0.1) is 0 Å². The van der Waals surface area contributed by atoms with Gasteiger partial charge in [-0.2, -0.15) is 26.3 Å². The van der Waals surface area contributed by atoms with Gasteiger partial charge in [0.25, 0.3) is 0 Å². The van der Waals surface area contributed by atoms with Crippen molar-refractivity contribution in [2.24, 2.45) is 5.92 Å². The van der Waals surface area contributed by atoms with Gasteiger partial charge in [0, 0.05) is 5.56 Å². The molecule has 0 N–H and O–H groups in total. The molecular formula is C12H9ClF6O. The molecule has 0 fully saturated rings. The molecule has 1 nitrogen and oxygen atoms in total. The minimum absolute atomic E-state index is 0.376. The summed E-state index contributed by atoms with van der Waals surface area (Å²) in [6.07, 6.45) is -11.4. The summed E-state index contributed by atoms with van der Waals surface area (Å²) in [5.41, 5.74) is 0.150. The highest BCUT2D eigenvalue weighted by Gasteiger charge is 2.61. The fourth-order valence-electron chi connectivity index (χ4n) is 1.61. The molecule has 0 amide bonds. The zero-order chi connectivity index (χ0) is 15.9. The molecule has 1 rings (SSSR count). The van der Waals surface area contributed by atoms with Gasteiger partial charge < -0.3 is 0 Å². The number of carbonyl (C=O) groups excluding carboxylic acids is 1. The van der Waals surface area contributed by atoms with E-state index in [1.807, 2.05) is 0 Å². The summed E-state index contributed by atoms with van der Waals surface area (Å²) in [7, 11) is 0. The molecule has 0 saturated heterocycles. The third-order valence-electron chi connectivity index (χ3n) is 2.77. The summed E-state index contributed by atoms with van der Waals surface area (Å²) in [6, 6.07) is 2.10. The van der Waals surface area contributed by atoms with Crippen LogP contribution in [0.15, 0.2) is 12.1 Å². The lowest BCUT2D eigenvalue weighted by Gasteiger charge is -2.22. The zero-order valence-corrected chi connectivity index (χ0v) is 11.0. The Balaban J connectivity index is 3.38. The zero-order valence-electron chi connectivity index (χ0n) is 10.3. The highest BCUT2D eigenvalue weighted by atomic mass is 35.5. The number of halogens is 7. The topological polar surface area (TPSA) is 17.1 Å². The van der Waals surface area contributed by atoms with Gasteiger partial charge in [-0.1, -0.05) is 11.6 Å². The van der Waals surface area contributed by atoms with E-state index in [0.717, 1.165) is 12.1 Å². The number of rotatable bonds is 2. The molecule has 112 valence electrons. The van der Waals surface area contributed by atoms with Gasteiger partial charge in [0.2, 0.25) is 5.92 Å². The number of carbonyl (C=O) groups is 1. The Morgan fingerprint density at radius 2 is 1.40 bits per heavy atom. The lowest BCUT2D eigenvalue weighted by Crippen LogP contribution is -2.42. The summed E-state index contributed by atoms with van der Waals surface area (Å²) >= 11 is 5.59. The second kappa shape index (κ2) is 5.27. The van der Waals surface area contributed by atoms with Crippen molar-refractivity contribution >= 4 is 17.4 Å². The molecule has 1 aromatic carbocycles. The molecule has 20 heavy (non-hydrogen) atoms. The lowest BCUT2D eigenvalue weighted by molar-refractivity contribution is -0.264. The van der Waals surface area contributed by atoms with E-state index in [1.54, 1.807) is 6.92 Å². The third-order valence-corrected chi connectivity index (χ3v) is 3.08. The molecule has 0 aliphatic heterocycles. The van der Waals surface area contributed by atoms with E-state index >= 15 is 0 Å². The maximum Gasteiger partial charge on any atom is 0.407 e. The molecule has 0 aromatic heterocycles. The van der Waals surface area contributed by atoms with Gasteiger partial charge in [0.05, 0.1) is 5.02 Å². The summed E-state index contributed by atoms with van der Waals surface area (Å²) < 4.78 is 74.9. The van der Waals surface area contributed by atoms with Gasteiger partial charge in [-0.25, -0.2) is 0 Å². The first-order valence-corrected chi connectivity index (χ1v) is 5.68. The molecule has 8 heteroatoms. The predicted octanol–water partition coefficient (Wildman–Crippen LogP) is 4.88. The Morgan fingerprint density at radius 3 is 1.80 bits per heavy atom. The van der Waals surface area contributed by atoms with E-state index in [9.17, 15) is 31.1 Å². The van der Waals surface area contributed by atoms with Crippen LogP contribution in [0.5, 0.6) is 0 Å². The molecule has 1 aromatic rings. The van der Waals surface area contributed by atoms with E-state index in [4.69, 9.17) is 11.6 Å². The van der Waals surface area contributed by atoms with Crippen molar-refractivity contribution in [2.45, 2.75) is 26.2 Å². The summed E-state index contributed by atoms with van der Waals surface area (Å²) in [5, 5.41) is -0.434. The number of Topliss-reactive ketones (excluding diaryl/α,β-unsaturated/α-hetero) is 1. The van der Waals surface area contributed by atoms with Crippen LogP contribution in [-0.4, -0.2) is 18.1 Å². The van der Waals surface area contributed by atoms with E-state index in [1.165, 1.54) is 6.92 Å². The van der Waals surface area contributed by atoms with Crippen molar-refractivity contribution < 1.29 is 31.1 Å². The Hall–Kier alpha value is -1.24. The maximum atomic E-state index is 12.5. The van der Waals surface area contributed by atoms with Crippen LogP contribution >= 0.6 is 11.6 Å². The fourth-order valence-corrected chi connectivity index (χ4v) is 1.92. The largest absolute Gasteiger partial charge is 0.407 e. The molecule has 0 unspecified atom stereocenters. The number of ketones is 1. The van der Waals surface area contributed by atoms with Crippen LogP contribution in [0.25, 0.3) is 0 Å². The highest BCUT2D eigenvalue weighted by molar-refractivity contribution is 6.34. The average molecular weight is 319 g/mol. The van der Waals surface area contributed by atoms with Crippen LogP contribution in [0.3, 0.4) is 0 Å². The quantitative estimate of drug-likeness (QED) is 0.561. The lowest BCUT2D eigenvalue weighted by atomic mass is 9.94. The van der Waals surface area contributed by atoms with Crippen molar-refractivity contribution in [3.63, 3.8) is 0 Å². The first-order chi connectivity index (χ1) is 8.85. The van der Waals surface area contributed by atoms with E-state index < -0.39 is 34.6 Å². The van der Waals surface area contributed by atoms with Crippen molar-refractivity contribution in [1.29, 1.82) is 0 Å². The minimum Gasteiger partial charge on any atom is -0.293 e. The Morgan fingerprint density at radius 1 is 1.00 bits per heavy atom. The average Bonchev–Trinajstić information content (AvgIpc) is 2.18. The number of alkyl halides is 6. The molecule has 0 radical (unpaired) electrons. The van der Waals surface area contributed by atoms with Crippen LogP contribution in [-0.2, 0) is 0 Å². The number of hydrogen-bond donors (Lipinski definition) is 0. The molecule has 0 heterocycles. The third kappa shape index (κ3) is 3.45. The fraction of sp³-hybridized carbons (Fsp3) is 0.417. The van der Waals surface area contributed by atoms with Gasteiger partial charge >= 0.3 is 12.4 Å². The standard InChI is InChI=1S/C12H9ClF6O/c1-5-3-7(8(13)4-6(5)2)9(20)10(11(14,15)16)12(17,18)19/h3-4,10H,1-2H3. The molecular weight excluding hydrogens is 310 g/mol. The second-order valence-electron chi connectivity index (χ2n) is 4.30. The van der Waals surface area contributed by atoms with Crippen molar-refractivity contribution in [3.8, 4) is 0 Å². The van der Waals surface area contributed by atoms with Gasteiger partial charge in [0.15, 0.2) is 5.78 Å². The van der Waals surface area contributed by atoms with E-state index in [-0.39, 0.29) is 0 Å². The molecule has 0 aliphatic rings. The van der Waals surface area contributed by atoms with Crippen molar-refractivity contribution in [3.05, 3.63) is 33.8 Å². The predicted molar refractivity (Wildman–Crippen MR) is 60.9 cm³/mol. The molecule has 0 spiro atoms. The van der Waals surface area contributed by atoms with Gasteiger partial charge in [0.1, 0.15) is 0 Å². The minimum atomic E-state index is -5.72. The molecule has 0 aliphatic carbocycles. The Kier molecular flexibility index (Phi) is 4.43. The van der Waals surface area contributed by atoms with Crippen LogP contribution in [0.4, 0.5) is 26.3 Å². The van der Waals surface area contributed by atoms with Crippen LogP contribution in [0, 0.1) is 19.8 Å². The number of hydrogen-bond acceptors (Lipinski definition) is 1. The monoisotopic (exact) mass is 318 g/mol. The Bertz CT molecular complexity index is 518. The van der Waals surface area contributed by atoms with Crippen LogP contribution < -0.4 is 0 Å². The normalized spacial score (nSPS) is 12.9. The molecule has 0 atom stereocenters. The summed E-state index contributed by atoms with van der Waals surface area (Å²) in [5.74, 6) is -6.17. The SMILES string of the molecule is Cc1cc(Cl)c(C(=O)C(C(F)(F)F)C(F)(F)F)cc1C. The Labute approximate surface area is 115 Å². The van der Waals surface area contributed by atoms with Crippen LogP contribution in [0.1, 0.15) is 21.5 Å². The summed E-state index contributed by atoms with van der Waals surface area (Å²) in [6.45, 7) is 3.03. The van der Waals surface area contributed by atoms with E-state index in [2.05, 4.69) is 0 Å². The van der Waals surface area contributed by atoms with Crippen molar-refractivity contribution in [1.82, 2.24) is 0 Å². The molecule has 0 saturated carbocycles. The first-order valence-electron chi connectivity index (χ1n) is 5.30. The summed E-state index contributed by atoms with van der Waals surface area (Å²) in [4.78, 5) is 11.6. The smallest absolute Gasteiger partial charge is 0.293 e.